The number of nitrogens with one attached hydrogen (secondary N) is 1. The summed E-state index contributed by atoms with van der Waals surface area (Å²) < 4.78 is 66.5. The lowest BCUT2D eigenvalue weighted by Crippen LogP contribution is -2.34. The highest BCUT2D eigenvalue weighted by atomic mass is 32.2. The van der Waals surface area contributed by atoms with E-state index in [0.29, 0.717) is 11.3 Å². The van der Waals surface area contributed by atoms with Gasteiger partial charge in [-0.1, -0.05) is 0 Å². The molecule has 0 spiro atoms. The minimum Gasteiger partial charge on any atom is -0.497 e. The van der Waals surface area contributed by atoms with Crippen LogP contribution >= 0.6 is 0 Å². The van der Waals surface area contributed by atoms with E-state index in [0.717, 1.165) is 0 Å². The molecule has 0 aromatic heterocycles. The third-order valence-electron chi connectivity index (χ3n) is 2.43. The monoisotopic (exact) mass is 312 g/mol. The summed E-state index contributed by atoms with van der Waals surface area (Å²) in [6.07, 6.45) is -4.41. The van der Waals surface area contributed by atoms with Crippen LogP contribution in [0.5, 0.6) is 5.75 Å². The van der Waals surface area contributed by atoms with Crippen molar-refractivity contribution in [1.82, 2.24) is 4.72 Å². The second-order valence-electron chi connectivity index (χ2n) is 3.95. The number of methoxy groups -OCH3 is 1. The van der Waals surface area contributed by atoms with Crippen molar-refractivity contribution in [2.24, 2.45) is 5.73 Å². The Morgan fingerprint density at radius 3 is 2.50 bits per heavy atom. The molecule has 0 bridgehead atoms. The summed E-state index contributed by atoms with van der Waals surface area (Å²) in [4.78, 5) is -0.229. The Morgan fingerprint density at radius 2 is 2.00 bits per heavy atom. The van der Waals surface area contributed by atoms with Crippen LogP contribution in [0.15, 0.2) is 23.1 Å². The Morgan fingerprint density at radius 1 is 1.35 bits per heavy atom. The van der Waals surface area contributed by atoms with E-state index in [9.17, 15) is 21.6 Å². The van der Waals surface area contributed by atoms with Gasteiger partial charge in [0.15, 0.2) is 0 Å². The highest BCUT2D eigenvalue weighted by molar-refractivity contribution is 7.89. The SMILES string of the molecule is COc1ccc(S(=O)(=O)NCC(F)(F)F)c(CCN)c1. The number of halogens is 3. The minimum absolute atomic E-state index is 0.162. The molecule has 5 nitrogen and oxygen atoms in total. The van der Waals surface area contributed by atoms with Gasteiger partial charge in [0.25, 0.3) is 0 Å². The van der Waals surface area contributed by atoms with Crippen LogP contribution in [-0.4, -0.2) is 34.8 Å². The molecule has 9 heteroatoms. The van der Waals surface area contributed by atoms with Gasteiger partial charge in [-0.25, -0.2) is 13.1 Å². The first-order valence-corrected chi connectivity index (χ1v) is 7.11. The van der Waals surface area contributed by atoms with Gasteiger partial charge in [-0.05, 0) is 36.7 Å². The average Bonchev–Trinajstić information content (AvgIpc) is 2.36. The summed E-state index contributed by atoms with van der Waals surface area (Å²) in [5, 5.41) is 0. The first kappa shape index (κ1) is 16.7. The number of hydrogen-bond donors (Lipinski definition) is 2. The molecule has 0 heterocycles. The molecule has 0 fully saturated rings. The second-order valence-corrected chi connectivity index (χ2v) is 5.69. The Bertz CT molecular complexity index is 559. The van der Waals surface area contributed by atoms with E-state index in [-0.39, 0.29) is 17.9 Å². The van der Waals surface area contributed by atoms with E-state index in [1.165, 1.54) is 30.0 Å². The second kappa shape index (κ2) is 6.42. The van der Waals surface area contributed by atoms with Crippen molar-refractivity contribution in [3.63, 3.8) is 0 Å². The van der Waals surface area contributed by atoms with E-state index in [1.807, 2.05) is 0 Å². The van der Waals surface area contributed by atoms with E-state index in [1.54, 1.807) is 0 Å². The maximum absolute atomic E-state index is 12.1. The van der Waals surface area contributed by atoms with Gasteiger partial charge in [-0.3, -0.25) is 0 Å². The molecule has 3 N–H and O–H groups in total. The fourth-order valence-corrected chi connectivity index (χ4v) is 2.81. The molecule has 0 radical (unpaired) electrons. The molecular weight excluding hydrogens is 297 g/mol. The highest BCUT2D eigenvalue weighted by Gasteiger charge is 2.30. The molecule has 1 aromatic carbocycles. The fraction of sp³-hybridized carbons (Fsp3) is 0.455. The standard InChI is InChI=1S/C11H15F3N2O3S/c1-19-9-2-3-10(8(6-9)4-5-15)20(17,18)16-7-11(12,13)14/h2-3,6,16H,4-5,7,15H2,1H3. The van der Waals surface area contributed by atoms with Gasteiger partial charge in [-0.15, -0.1) is 0 Å². The molecule has 20 heavy (non-hydrogen) atoms. The number of benzene rings is 1. The minimum atomic E-state index is -4.62. The number of ether oxygens (including phenoxy) is 1. The lowest BCUT2D eigenvalue weighted by Gasteiger charge is -2.13. The third-order valence-corrected chi connectivity index (χ3v) is 3.94. The Labute approximate surface area is 115 Å². The maximum Gasteiger partial charge on any atom is 0.402 e. The predicted octanol–water partition coefficient (Wildman–Crippen LogP) is 1.04. The van der Waals surface area contributed by atoms with Gasteiger partial charge in [-0.2, -0.15) is 13.2 Å². The number of hydrogen-bond acceptors (Lipinski definition) is 4. The van der Waals surface area contributed by atoms with Crippen LogP contribution in [0.2, 0.25) is 0 Å². The third kappa shape index (κ3) is 4.66. The molecule has 114 valence electrons. The highest BCUT2D eigenvalue weighted by Crippen LogP contribution is 2.23. The van der Waals surface area contributed by atoms with Crippen LogP contribution in [0, 0.1) is 0 Å². The van der Waals surface area contributed by atoms with Crippen LogP contribution in [0.1, 0.15) is 5.56 Å². The van der Waals surface area contributed by atoms with Crippen LogP contribution in [0.4, 0.5) is 13.2 Å². The zero-order valence-electron chi connectivity index (χ0n) is 10.7. The van der Waals surface area contributed by atoms with E-state index >= 15 is 0 Å². The summed E-state index contributed by atoms with van der Waals surface area (Å²) in [6, 6.07) is 4.00. The molecule has 0 saturated heterocycles. The van der Waals surface area contributed by atoms with Crippen LogP contribution in [0.3, 0.4) is 0 Å². The van der Waals surface area contributed by atoms with Crippen LogP contribution in [0.25, 0.3) is 0 Å². The van der Waals surface area contributed by atoms with E-state index in [2.05, 4.69) is 0 Å². The van der Waals surface area contributed by atoms with Gasteiger partial charge in [0.1, 0.15) is 12.3 Å². The van der Waals surface area contributed by atoms with E-state index < -0.39 is 22.7 Å². The van der Waals surface area contributed by atoms with Gasteiger partial charge >= 0.3 is 6.18 Å². The molecule has 1 aromatic rings. The van der Waals surface area contributed by atoms with Crippen molar-refractivity contribution < 1.29 is 26.3 Å². The summed E-state index contributed by atoms with van der Waals surface area (Å²) in [5.41, 5.74) is 5.68. The lowest BCUT2D eigenvalue weighted by atomic mass is 10.1. The van der Waals surface area contributed by atoms with Gasteiger partial charge in [0.05, 0.1) is 12.0 Å². The number of alkyl halides is 3. The smallest absolute Gasteiger partial charge is 0.402 e. The Balaban J connectivity index is 3.10. The van der Waals surface area contributed by atoms with Crippen molar-refractivity contribution in [2.75, 3.05) is 20.2 Å². The average molecular weight is 312 g/mol. The van der Waals surface area contributed by atoms with Gasteiger partial charge < -0.3 is 10.5 Å². The molecule has 0 atom stereocenters. The predicted molar refractivity (Wildman–Crippen MR) is 67.0 cm³/mol. The molecule has 0 saturated carbocycles. The molecule has 0 aliphatic carbocycles. The molecular formula is C11H15F3N2O3S. The zero-order valence-corrected chi connectivity index (χ0v) is 11.5. The van der Waals surface area contributed by atoms with Gasteiger partial charge in [0, 0.05) is 0 Å². The quantitative estimate of drug-likeness (QED) is 0.822. The number of rotatable bonds is 6. The van der Waals surface area contributed by atoms with E-state index in [4.69, 9.17) is 10.5 Å². The first-order chi connectivity index (χ1) is 9.19. The van der Waals surface area contributed by atoms with Crippen molar-refractivity contribution in [2.45, 2.75) is 17.5 Å². The normalized spacial score (nSPS) is 12.4. The van der Waals surface area contributed by atoms with Crippen LogP contribution < -0.4 is 15.2 Å². The topological polar surface area (TPSA) is 81.4 Å². The molecule has 0 amide bonds. The Kier molecular flexibility index (Phi) is 5.37. The zero-order chi connectivity index (χ0) is 15.4. The summed E-state index contributed by atoms with van der Waals surface area (Å²) in [6.45, 7) is -1.46. The van der Waals surface area contributed by atoms with Crippen molar-refractivity contribution in [3.8, 4) is 5.75 Å². The molecule has 0 aliphatic rings. The largest absolute Gasteiger partial charge is 0.497 e. The Hall–Kier alpha value is -1.32. The number of nitrogens with two attached hydrogens (primary N) is 1. The summed E-state index contributed by atoms with van der Waals surface area (Å²) >= 11 is 0. The lowest BCUT2D eigenvalue weighted by molar-refractivity contribution is -0.121. The summed E-state index contributed by atoms with van der Waals surface area (Å²) in [5.74, 6) is 0.406. The van der Waals surface area contributed by atoms with Crippen molar-refractivity contribution in [1.29, 1.82) is 0 Å². The van der Waals surface area contributed by atoms with Gasteiger partial charge in [0.2, 0.25) is 10.0 Å². The fourth-order valence-electron chi connectivity index (χ4n) is 1.55. The molecule has 1 rings (SSSR count). The molecule has 0 aliphatic heterocycles. The number of sulfonamides is 1. The maximum atomic E-state index is 12.1. The molecule has 0 unspecified atom stereocenters. The van der Waals surface area contributed by atoms with Crippen LogP contribution in [-0.2, 0) is 16.4 Å². The van der Waals surface area contributed by atoms with Crippen molar-refractivity contribution in [3.05, 3.63) is 23.8 Å². The van der Waals surface area contributed by atoms with Crippen molar-refractivity contribution >= 4 is 10.0 Å². The first-order valence-electron chi connectivity index (χ1n) is 5.63. The summed E-state index contributed by atoms with van der Waals surface area (Å²) in [7, 11) is -2.85.